The highest BCUT2D eigenvalue weighted by atomic mass is 19.4. The number of esters is 1. The maximum atomic E-state index is 12.6. The molecule has 122 valence electrons. The fourth-order valence-corrected chi connectivity index (χ4v) is 1.84. The number of hydrogen-bond donors (Lipinski definition) is 1. The Kier molecular flexibility index (Phi) is 4.53. The van der Waals surface area contributed by atoms with Crippen LogP contribution in [-0.4, -0.2) is 22.3 Å². The summed E-state index contributed by atoms with van der Waals surface area (Å²) >= 11 is 0. The molecule has 0 saturated heterocycles. The lowest BCUT2D eigenvalue weighted by Crippen LogP contribution is -2.18. The van der Waals surface area contributed by atoms with Crippen LogP contribution in [0, 0.1) is 0 Å². The van der Waals surface area contributed by atoms with Gasteiger partial charge >= 0.3 is 12.1 Å². The Bertz CT molecular complexity index is 765. The van der Waals surface area contributed by atoms with Crippen LogP contribution in [0.5, 0.6) is 0 Å². The van der Waals surface area contributed by atoms with Crippen molar-refractivity contribution in [1.82, 2.24) is 10.2 Å². The molecule has 0 unspecified atom stereocenters. The highest BCUT2D eigenvalue weighted by Crippen LogP contribution is 2.30. The van der Waals surface area contributed by atoms with E-state index in [0.717, 1.165) is 24.3 Å². The summed E-state index contributed by atoms with van der Waals surface area (Å²) in [6.07, 6.45) is -4.83. The van der Waals surface area contributed by atoms with Crippen LogP contribution >= 0.6 is 0 Å². The average molecular weight is 326 g/mol. The number of hydrogen-bond acceptors (Lipinski definition) is 4. The zero-order valence-electron chi connectivity index (χ0n) is 12.3. The van der Waals surface area contributed by atoms with E-state index in [1.165, 1.54) is 6.07 Å². The van der Waals surface area contributed by atoms with Gasteiger partial charge in [-0.05, 0) is 37.6 Å². The third kappa shape index (κ3) is 3.97. The molecule has 1 aromatic carbocycles. The highest BCUT2D eigenvalue weighted by molar-refractivity contribution is 5.88. The lowest BCUT2D eigenvalue weighted by molar-refractivity contribution is -0.137. The molecule has 0 fully saturated rings. The van der Waals surface area contributed by atoms with E-state index in [9.17, 15) is 22.8 Å². The van der Waals surface area contributed by atoms with Crippen molar-refractivity contribution in [1.29, 1.82) is 0 Å². The predicted molar refractivity (Wildman–Crippen MR) is 75.8 cm³/mol. The molecule has 0 amide bonds. The topological polar surface area (TPSA) is 72.1 Å². The number of H-pyrrole nitrogens is 1. The largest absolute Gasteiger partial charge is 0.458 e. The lowest BCUT2D eigenvalue weighted by atomic mass is 10.0. The summed E-state index contributed by atoms with van der Waals surface area (Å²) < 4.78 is 42.6. The first kappa shape index (κ1) is 16.7. The van der Waals surface area contributed by atoms with Crippen molar-refractivity contribution in [3.63, 3.8) is 0 Å². The molecule has 2 aromatic rings. The van der Waals surface area contributed by atoms with Crippen molar-refractivity contribution in [2.24, 2.45) is 0 Å². The number of carbonyl (C=O) groups is 1. The van der Waals surface area contributed by atoms with Gasteiger partial charge in [-0.3, -0.25) is 4.79 Å². The third-order valence-corrected chi connectivity index (χ3v) is 2.88. The van der Waals surface area contributed by atoms with Crippen LogP contribution in [0.1, 0.15) is 29.9 Å². The molecule has 0 aliphatic carbocycles. The van der Waals surface area contributed by atoms with Gasteiger partial charge in [-0.1, -0.05) is 12.1 Å². The molecular formula is C15H13F3N2O3. The number of carbonyl (C=O) groups excluding carboxylic acids is 1. The van der Waals surface area contributed by atoms with Crippen molar-refractivity contribution >= 4 is 5.97 Å². The monoisotopic (exact) mass is 326 g/mol. The summed E-state index contributed by atoms with van der Waals surface area (Å²) in [4.78, 5) is 23.6. The minimum absolute atomic E-state index is 0.0319. The molecule has 0 atom stereocenters. The minimum atomic E-state index is -4.46. The molecule has 0 radical (unpaired) electrons. The van der Waals surface area contributed by atoms with E-state index in [4.69, 9.17) is 4.74 Å². The first-order valence-electron chi connectivity index (χ1n) is 6.67. The molecule has 5 nitrogen and oxygen atoms in total. The van der Waals surface area contributed by atoms with Gasteiger partial charge in [-0.2, -0.15) is 18.3 Å². The van der Waals surface area contributed by atoms with E-state index in [2.05, 4.69) is 10.2 Å². The molecule has 0 aliphatic rings. The Morgan fingerprint density at radius 3 is 2.35 bits per heavy atom. The molecule has 0 spiro atoms. The minimum Gasteiger partial charge on any atom is -0.458 e. The number of nitrogens with one attached hydrogen (secondary N) is 1. The van der Waals surface area contributed by atoms with Crippen LogP contribution in [0.2, 0.25) is 0 Å². The molecule has 23 heavy (non-hydrogen) atoms. The second kappa shape index (κ2) is 6.23. The smallest absolute Gasteiger partial charge is 0.416 e. The number of alkyl halides is 3. The van der Waals surface area contributed by atoms with Gasteiger partial charge < -0.3 is 4.74 Å². The number of nitrogens with zero attached hydrogens (tertiary/aromatic N) is 1. The van der Waals surface area contributed by atoms with Gasteiger partial charge in [-0.15, -0.1) is 0 Å². The van der Waals surface area contributed by atoms with Crippen LogP contribution < -0.4 is 5.56 Å². The normalized spacial score (nSPS) is 11.6. The van der Waals surface area contributed by atoms with Gasteiger partial charge in [0.2, 0.25) is 0 Å². The Hall–Kier alpha value is -2.64. The highest BCUT2D eigenvalue weighted by Gasteiger charge is 2.30. The number of rotatable bonds is 3. The van der Waals surface area contributed by atoms with Crippen LogP contribution in [0.3, 0.4) is 0 Å². The third-order valence-electron chi connectivity index (χ3n) is 2.88. The lowest BCUT2D eigenvalue weighted by Gasteiger charge is -2.09. The second-order valence-corrected chi connectivity index (χ2v) is 5.03. The summed E-state index contributed by atoms with van der Waals surface area (Å²) in [5.74, 6) is -0.732. The van der Waals surface area contributed by atoms with E-state index < -0.39 is 23.3 Å². The molecule has 1 N–H and O–H groups in total. The van der Waals surface area contributed by atoms with Gasteiger partial charge in [0.1, 0.15) is 0 Å². The van der Waals surface area contributed by atoms with Gasteiger partial charge in [-0.25, -0.2) is 9.89 Å². The maximum absolute atomic E-state index is 12.6. The molecule has 2 rings (SSSR count). The predicted octanol–water partition coefficient (Wildman–Crippen LogP) is 3.02. The SMILES string of the molecule is CC(C)OC(=O)c1cc(-c2ccc(C(F)(F)F)cc2)c(=O)[nH]n1. The van der Waals surface area contributed by atoms with Gasteiger partial charge in [0, 0.05) is 0 Å². The summed E-state index contributed by atoms with van der Waals surface area (Å²) in [6.45, 7) is 3.31. The Balaban J connectivity index is 2.39. The van der Waals surface area contributed by atoms with Crippen LogP contribution in [0.4, 0.5) is 13.2 Å². The number of benzene rings is 1. The Morgan fingerprint density at radius 1 is 1.22 bits per heavy atom. The first-order chi connectivity index (χ1) is 10.7. The van der Waals surface area contributed by atoms with E-state index in [-0.39, 0.29) is 22.9 Å². The van der Waals surface area contributed by atoms with E-state index in [0.29, 0.717) is 0 Å². The zero-order valence-corrected chi connectivity index (χ0v) is 12.3. The van der Waals surface area contributed by atoms with Gasteiger partial charge in [0.15, 0.2) is 5.69 Å². The van der Waals surface area contributed by atoms with Crippen molar-refractivity contribution in [2.45, 2.75) is 26.1 Å². The molecule has 0 bridgehead atoms. The quantitative estimate of drug-likeness (QED) is 0.880. The standard InChI is InChI=1S/C15H13F3N2O3/c1-8(2)23-14(22)12-7-11(13(21)20-19-12)9-3-5-10(6-4-9)15(16,17)18/h3-8H,1-2H3,(H,20,21). The molecule has 0 aliphatic heterocycles. The molecule has 1 aromatic heterocycles. The van der Waals surface area contributed by atoms with Crippen molar-refractivity contribution in [3.8, 4) is 11.1 Å². The number of ether oxygens (including phenoxy) is 1. The Morgan fingerprint density at radius 2 is 1.83 bits per heavy atom. The van der Waals surface area contributed by atoms with Crippen molar-refractivity contribution in [2.75, 3.05) is 0 Å². The van der Waals surface area contributed by atoms with Gasteiger partial charge in [0.05, 0.1) is 17.2 Å². The average Bonchev–Trinajstić information content (AvgIpc) is 2.46. The summed E-state index contributed by atoms with van der Waals surface area (Å²) in [5, 5.41) is 5.72. The van der Waals surface area contributed by atoms with E-state index in [1.807, 2.05) is 0 Å². The zero-order chi connectivity index (χ0) is 17.2. The summed E-state index contributed by atoms with van der Waals surface area (Å²) in [6, 6.07) is 5.23. The fourth-order valence-electron chi connectivity index (χ4n) is 1.84. The number of aromatic amines is 1. The first-order valence-corrected chi connectivity index (χ1v) is 6.67. The second-order valence-electron chi connectivity index (χ2n) is 5.03. The summed E-state index contributed by atoms with van der Waals surface area (Å²) in [5.41, 5.74) is -1.31. The van der Waals surface area contributed by atoms with Crippen molar-refractivity contribution < 1.29 is 22.7 Å². The van der Waals surface area contributed by atoms with Crippen molar-refractivity contribution in [3.05, 3.63) is 51.9 Å². The Labute approximate surface area is 129 Å². The van der Waals surface area contributed by atoms with E-state index >= 15 is 0 Å². The number of aromatic nitrogens is 2. The molecule has 1 heterocycles. The van der Waals surface area contributed by atoms with E-state index in [1.54, 1.807) is 13.8 Å². The van der Waals surface area contributed by atoms with Crippen LogP contribution in [-0.2, 0) is 10.9 Å². The summed E-state index contributed by atoms with van der Waals surface area (Å²) in [7, 11) is 0. The maximum Gasteiger partial charge on any atom is 0.416 e. The fraction of sp³-hybridized carbons (Fsp3) is 0.267. The van der Waals surface area contributed by atoms with Gasteiger partial charge in [0.25, 0.3) is 5.56 Å². The van der Waals surface area contributed by atoms with Crippen LogP contribution in [0.15, 0.2) is 35.1 Å². The number of halogens is 3. The van der Waals surface area contributed by atoms with Crippen LogP contribution in [0.25, 0.3) is 11.1 Å². The molecular weight excluding hydrogens is 313 g/mol. The molecule has 8 heteroatoms. The molecule has 0 saturated carbocycles.